The van der Waals surface area contributed by atoms with Crippen molar-refractivity contribution in [2.75, 3.05) is 6.61 Å². The average Bonchev–Trinajstić information content (AvgIpc) is 2.88. The minimum atomic E-state index is -0.569. The molecule has 4 unspecified atom stereocenters. The van der Waals surface area contributed by atoms with Gasteiger partial charge >= 0.3 is 0 Å². The molecule has 1 heterocycles. The number of ether oxygens (including phenoxy) is 1. The topological polar surface area (TPSA) is 86.4 Å². The van der Waals surface area contributed by atoms with Gasteiger partial charge in [-0.25, -0.2) is 4.99 Å². The highest BCUT2D eigenvalue weighted by Gasteiger charge is 2.40. The van der Waals surface area contributed by atoms with E-state index >= 15 is 0 Å². The molecule has 0 radical (unpaired) electrons. The molecule has 0 bridgehead atoms. The van der Waals surface area contributed by atoms with Crippen LogP contribution < -0.4 is 5.32 Å². The van der Waals surface area contributed by atoms with E-state index in [1.54, 1.807) is 12.1 Å². The molecule has 6 nitrogen and oxygen atoms in total. The van der Waals surface area contributed by atoms with E-state index in [0.29, 0.717) is 24.0 Å². The first-order valence-corrected chi connectivity index (χ1v) is 12.1. The molecule has 6 rings (SSSR count). The molecule has 3 aromatic rings. The summed E-state index contributed by atoms with van der Waals surface area (Å²) >= 11 is 0. The summed E-state index contributed by atoms with van der Waals surface area (Å²) in [4.78, 5) is 9.79. The van der Waals surface area contributed by atoms with Crippen LogP contribution in [0.2, 0.25) is 0 Å². The van der Waals surface area contributed by atoms with Crippen LogP contribution in [0, 0.1) is 11.8 Å². The van der Waals surface area contributed by atoms with Crippen LogP contribution in [0.4, 0.5) is 0 Å². The van der Waals surface area contributed by atoms with E-state index < -0.39 is 6.17 Å². The number of amidine groups is 2. The maximum atomic E-state index is 10.5. The molecular formula is C29H27N3O3. The lowest BCUT2D eigenvalue weighted by atomic mass is 9.66. The number of aromatic hydroxyl groups is 2. The van der Waals surface area contributed by atoms with E-state index in [1.807, 2.05) is 6.92 Å². The number of rotatable bonds is 3. The van der Waals surface area contributed by atoms with E-state index in [0.717, 1.165) is 6.42 Å². The molecular weight excluding hydrogens is 438 g/mol. The first kappa shape index (κ1) is 21.5. The van der Waals surface area contributed by atoms with Crippen LogP contribution in [0.25, 0.3) is 10.8 Å². The van der Waals surface area contributed by atoms with Gasteiger partial charge in [0, 0.05) is 23.5 Å². The fourth-order valence-electron chi connectivity index (χ4n) is 5.58. The van der Waals surface area contributed by atoms with Crippen LogP contribution in [0.5, 0.6) is 11.5 Å². The van der Waals surface area contributed by atoms with E-state index in [4.69, 9.17) is 14.7 Å². The number of aliphatic imine (C=N–C) groups is 2. The molecule has 176 valence electrons. The number of nitrogens with one attached hydrogen (secondary N) is 1. The van der Waals surface area contributed by atoms with Gasteiger partial charge in [-0.15, -0.1) is 0 Å². The van der Waals surface area contributed by atoms with Gasteiger partial charge in [-0.1, -0.05) is 60.7 Å². The van der Waals surface area contributed by atoms with Crippen molar-refractivity contribution >= 4 is 22.6 Å². The summed E-state index contributed by atoms with van der Waals surface area (Å²) in [6.07, 6.45) is 9.02. The molecule has 3 aliphatic rings. The number of fused-ring (bicyclic) bond motifs is 5. The van der Waals surface area contributed by atoms with Gasteiger partial charge in [0.2, 0.25) is 0 Å². The number of hydrogen-bond acceptors (Lipinski definition) is 6. The number of allylic oxidation sites excluding steroid dienone is 4. The van der Waals surface area contributed by atoms with Crippen molar-refractivity contribution in [1.29, 1.82) is 0 Å². The quantitative estimate of drug-likeness (QED) is 0.487. The third-order valence-electron chi connectivity index (χ3n) is 7.16. The molecule has 0 aromatic heterocycles. The summed E-state index contributed by atoms with van der Waals surface area (Å²) in [5.74, 6) is 1.18. The number of nitrogens with zero attached hydrogens (tertiary/aromatic N) is 2. The maximum Gasteiger partial charge on any atom is 0.293 e. The smallest absolute Gasteiger partial charge is 0.293 e. The van der Waals surface area contributed by atoms with Gasteiger partial charge in [0.05, 0.1) is 6.61 Å². The van der Waals surface area contributed by atoms with Crippen LogP contribution in [0.1, 0.15) is 35.7 Å². The number of phenols is 2. The van der Waals surface area contributed by atoms with Crippen LogP contribution in [0.3, 0.4) is 0 Å². The molecule has 35 heavy (non-hydrogen) atoms. The molecule has 6 heteroatoms. The SMILES string of the molecule is CCOC1=NC(C2Cc3c(ccc4ccccc34)C3C=CC=CC23)=NC(c2ccc(O)cc2O)N1. The summed E-state index contributed by atoms with van der Waals surface area (Å²) in [5, 5.41) is 26.0. The standard InChI is InChI=1S/C29H27N3O3/c1-2-35-29-31-27(23-14-12-18(33)15-26(23)34)30-28(32-29)25-16-24-19-8-4-3-7-17(19)11-13-22(24)20-9-5-6-10-21(20)25/h3-15,20-21,25,27,33-34H,2,16H2,1H3,(H,30,31,32). The minimum Gasteiger partial charge on any atom is -0.508 e. The largest absolute Gasteiger partial charge is 0.508 e. The predicted octanol–water partition coefficient (Wildman–Crippen LogP) is 5.34. The fraction of sp³-hybridized carbons (Fsp3) is 0.241. The van der Waals surface area contributed by atoms with E-state index in [9.17, 15) is 10.2 Å². The van der Waals surface area contributed by atoms with E-state index in [2.05, 4.69) is 66.0 Å². The molecule has 0 saturated carbocycles. The van der Waals surface area contributed by atoms with Crippen LogP contribution in [0.15, 0.2) is 88.9 Å². The van der Waals surface area contributed by atoms with Crippen molar-refractivity contribution in [2.24, 2.45) is 21.8 Å². The highest BCUT2D eigenvalue weighted by atomic mass is 16.5. The van der Waals surface area contributed by atoms with Gasteiger partial charge < -0.3 is 20.3 Å². The van der Waals surface area contributed by atoms with E-state index in [-0.39, 0.29) is 29.3 Å². The average molecular weight is 466 g/mol. The third kappa shape index (κ3) is 3.75. The van der Waals surface area contributed by atoms with Crippen molar-refractivity contribution in [2.45, 2.75) is 25.4 Å². The Labute approximate surface area is 204 Å². The Morgan fingerprint density at radius 1 is 1.00 bits per heavy atom. The van der Waals surface area contributed by atoms with Crippen molar-refractivity contribution in [1.82, 2.24) is 5.32 Å². The number of phenolic OH excluding ortho intramolecular Hbond substituents is 2. The molecule has 3 N–H and O–H groups in total. The Kier molecular flexibility index (Phi) is 5.29. The van der Waals surface area contributed by atoms with Gasteiger partial charge in [0.15, 0.2) is 6.17 Å². The second-order valence-electron chi connectivity index (χ2n) is 9.17. The zero-order valence-corrected chi connectivity index (χ0v) is 19.4. The summed E-state index contributed by atoms with van der Waals surface area (Å²) in [5.41, 5.74) is 3.26. The molecule has 3 aromatic carbocycles. The second kappa shape index (κ2) is 8.62. The van der Waals surface area contributed by atoms with Crippen molar-refractivity contribution in [3.63, 3.8) is 0 Å². The number of hydrogen-bond donors (Lipinski definition) is 3. The van der Waals surface area contributed by atoms with Crippen LogP contribution in [-0.2, 0) is 11.2 Å². The Morgan fingerprint density at radius 3 is 2.69 bits per heavy atom. The lowest BCUT2D eigenvalue weighted by Crippen LogP contribution is -2.40. The van der Waals surface area contributed by atoms with Gasteiger partial charge in [0.25, 0.3) is 6.02 Å². The first-order valence-electron chi connectivity index (χ1n) is 12.1. The molecule has 1 aliphatic heterocycles. The molecule has 2 aliphatic carbocycles. The second-order valence-corrected chi connectivity index (χ2v) is 9.17. The van der Waals surface area contributed by atoms with Crippen molar-refractivity contribution in [3.05, 3.63) is 95.6 Å². The Balaban J connectivity index is 1.47. The van der Waals surface area contributed by atoms with Crippen LogP contribution in [-0.4, -0.2) is 28.7 Å². The van der Waals surface area contributed by atoms with Gasteiger partial charge in [-0.3, -0.25) is 0 Å². The number of benzene rings is 3. The normalized spacial score (nSPS) is 24.7. The Bertz CT molecular complexity index is 1420. The molecule has 0 saturated heterocycles. The summed E-state index contributed by atoms with van der Waals surface area (Å²) in [6.45, 7) is 2.37. The maximum absolute atomic E-state index is 10.5. The highest BCUT2D eigenvalue weighted by molar-refractivity contribution is 5.98. The Hall–Kier alpha value is -4.06. The Morgan fingerprint density at radius 2 is 1.83 bits per heavy atom. The summed E-state index contributed by atoms with van der Waals surface area (Å²) in [6, 6.07) is 18.0. The zero-order chi connectivity index (χ0) is 23.9. The van der Waals surface area contributed by atoms with Gasteiger partial charge in [-0.2, -0.15) is 4.99 Å². The fourth-order valence-corrected chi connectivity index (χ4v) is 5.58. The minimum absolute atomic E-state index is 0.00250. The lowest BCUT2D eigenvalue weighted by molar-refractivity contribution is 0.300. The van der Waals surface area contributed by atoms with Crippen LogP contribution >= 0.6 is 0 Å². The molecule has 0 fully saturated rings. The predicted molar refractivity (Wildman–Crippen MR) is 138 cm³/mol. The van der Waals surface area contributed by atoms with Crippen molar-refractivity contribution in [3.8, 4) is 11.5 Å². The first-order chi connectivity index (χ1) is 17.1. The summed E-state index contributed by atoms with van der Waals surface area (Å²) < 4.78 is 5.79. The van der Waals surface area contributed by atoms with E-state index in [1.165, 1.54) is 28.0 Å². The lowest BCUT2D eigenvalue weighted by Gasteiger charge is -2.39. The zero-order valence-electron chi connectivity index (χ0n) is 19.4. The third-order valence-corrected chi connectivity index (χ3v) is 7.16. The monoisotopic (exact) mass is 465 g/mol. The van der Waals surface area contributed by atoms with Gasteiger partial charge in [-0.05, 0) is 53.3 Å². The van der Waals surface area contributed by atoms with Gasteiger partial charge in [0.1, 0.15) is 17.3 Å². The van der Waals surface area contributed by atoms with Crippen molar-refractivity contribution < 1.29 is 14.9 Å². The molecule has 0 spiro atoms. The molecule has 4 atom stereocenters. The summed E-state index contributed by atoms with van der Waals surface area (Å²) in [7, 11) is 0. The molecule has 0 amide bonds. The highest BCUT2D eigenvalue weighted by Crippen LogP contribution is 2.46.